The minimum Gasteiger partial charge on any atom is -0.446 e. The van der Waals surface area contributed by atoms with E-state index in [1.54, 1.807) is 5.38 Å². The van der Waals surface area contributed by atoms with E-state index in [1.807, 2.05) is 44.2 Å². The van der Waals surface area contributed by atoms with Gasteiger partial charge in [-0.1, -0.05) is 44.2 Å². The molecule has 12 heteroatoms. The minimum absolute atomic E-state index is 0.0201. The molecule has 1 aliphatic heterocycles. The quantitative estimate of drug-likeness (QED) is 0.463. The van der Waals surface area contributed by atoms with Crippen molar-refractivity contribution in [2.45, 2.75) is 39.3 Å². The Kier molecular flexibility index (Phi) is 8.52. The molecular formula is C26H30N6O5S. The fourth-order valence-corrected chi connectivity index (χ4v) is 5.04. The molecule has 3 aromatic rings. The van der Waals surface area contributed by atoms with Crippen LogP contribution in [-0.4, -0.2) is 58.1 Å². The predicted molar refractivity (Wildman–Crippen MR) is 139 cm³/mol. The van der Waals surface area contributed by atoms with Crippen LogP contribution in [-0.2, 0) is 16.0 Å². The van der Waals surface area contributed by atoms with E-state index < -0.39 is 23.9 Å². The summed E-state index contributed by atoms with van der Waals surface area (Å²) in [4.78, 5) is 61.1. The second-order valence-electron chi connectivity index (χ2n) is 9.34. The molecule has 2 atom stereocenters. The second kappa shape index (κ2) is 12.0. The fourth-order valence-electron chi connectivity index (χ4n) is 4.02. The van der Waals surface area contributed by atoms with Gasteiger partial charge in [-0.05, 0) is 11.5 Å². The number of hydrogen-bond acceptors (Lipinski definition) is 8. The Morgan fingerprint density at radius 2 is 1.87 bits per heavy atom. The highest BCUT2D eigenvalue weighted by atomic mass is 32.1. The lowest BCUT2D eigenvalue weighted by molar-refractivity contribution is -0.134. The number of aromatic nitrogens is 2. The molecule has 2 aromatic heterocycles. The lowest BCUT2D eigenvalue weighted by atomic mass is 10.0. The number of carbonyl (C=O) groups is 4. The normalized spacial score (nSPS) is 19.3. The van der Waals surface area contributed by atoms with E-state index in [4.69, 9.17) is 4.42 Å². The molecule has 0 radical (unpaired) electrons. The summed E-state index contributed by atoms with van der Waals surface area (Å²) < 4.78 is 5.62. The molecule has 11 nitrogen and oxygen atoms in total. The van der Waals surface area contributed by atoms with Gasteiger partial charge in [-0.15, -0.1) is 11.3 Å². The topological polar surface area (TPSA) is 147 Å². The van der Waals surface area contributed by atoms with E-state index >= 15 is 0 Å². The van der Waals surface area contributed by atoms with Crippen molar-refractivity contribution in [3.05, 3.63) is 69.8 Å². The van der Waals surface area contributed by atoms with Crippen molar-refractivity contribution in [2.24, 2.45) is 5.92 Å². The monoisotopic (exact) mass is 538 g/mol. The summed E-state index contributed by atoms with van der Waals surface area (Å²) in [5.41, 5.74) is 1.17. The number of hydrogen-bond donors (Lipinski definition) is 3. The average molecular weight is 539 g/mol. The van der Waals surface area contributed by atoms with Gasteiger partial charge in [-0.25, -0.2) is 9.97 Å². The molecule has 1 aromatic carbocycles. The number of oxazole rings is 1. The fraction of sp³-hybridized carbons (Fsp3) is 0.385. The summed E-state index contributed by atoms with van der Waals surface area (Å²) in [6, 6.07) is 8.42. The van der Waals surface area contributed by atoms with Gasteiger partial charge in [0.1, 0.15) is 23.0 Å². The third-order valence-electron chi connectivity index (χ3n) is 6.09. The number of rotatable bonds is 3. The minimum atomic E-state index is -0.663. The van der Waals surface area contributed by atoms with Crippen LogP contribution in [0.5, 0.6) is 0 Å². The van der Waals surface area contributed by atoms with Crippen LogP contribution in [0, 0.1) is 5.92 Å². The highest BCUT2D eigenvalue weighted by Gasteiger charge is 2.27. The van der Waals surface area contributed by atoms with Gasteiger partial charge in [-0.2, -0.15) is 0 Å². The van der Waals surface area contributed by atoms with Gasteiger partial charge in [0.2, 0.25) is 17.7 Å². The highest BCUT2D eigenvalue weighted by molar-refractivity contribution is 7.09. The summed E-state index contributed by atoms with van der Waals surface area (Å²) in [6.45, 7) is 5.31. The van der Waals surface area contributed by atoms with Crippen LogP contribution in [0.25, 0.3) is 0 Å². The summed E-state index contributed by atoms with van der Waals surface area (Å²) in [5.74, 6) is -1.43. The predicted octanol–water partition coefficient (Wildman–Crippen LogP) is 2.25. The van der Waals surface area contributed by atoms with E-state index in [1.165, 1.54) is 29.4 Å². The highest BCUT2D eigenvalue weighted by Crippen LogP contribution is 2.26. The second-order valence-corrected chi connectivity index (χ2v) is 10.2. The van der Waals surface area contributed by atoms with Gasteiger partial charge >= 0.3 is 0 Å². The average Bonchev–Trinajstić information content (AvgIpc) is 3.57. The smallest absolute Gasteiger partial charge is 0.273 e. The molecule has 3 N–H and O–H groups in total. The van der Waals surface area contributed by atoms with Gasteiger partial charge in [0.05, 0.1) is 12.6 Å². The molecule has 4 bridgehead atoms. The standard InChI is InChI=1S/C26H30N6O5S/c1-15(2)22-26-30-20(14-38-26)24(36)28-18(11-17-7-5-4-6-8-17)25-29-19(13-37-25)23(35)27-9-10-32(16(3)33)12-21(34)31-22/h4-8,13-15,18,22H,9-12H2,1-3H3,(H,27,35)(H,28,36)(H,31,34)/t18-,22-/m0/s1. The van der Waals surface area contributed by atoms with Crippen LogP contribution in [0.3, 0.4) is 0 Å². The maximum Gasteiger partial charge on any atom is 0.273 e. The maximum absolute atomic E-state index is 13.2. The number of carbonyl (C=O) groups excluding carboxylic acids is 4. The molecule has 200 valence electrons. The SMILES string of the molecule is CC(=O)N1CCNC(=O)c2coc(n2)[C@H](Cc2ccccc2)NC(=O)c2csc(n2)[C@H](C(C)C)NC(=O)C1. The Bertz CT molecular complexity index is 1300. The van der Waals surface area contributed by atoms with Crippen molar-refractivity contribution < 1.29 is 23.6 Å². The Balaban J connectivity index is 1.67. The number of nitrogens with one attached hydrogen (secondary N) is 3. The summed E-state index contributed by atoms with van der Waals surface area (Å²) in [7, 11) is 0. The molecule has 3 heterocycles. The molecule has 1 aliphatic rings. The molecular weight excluding hydrogens is 508 g/mol. The largest absolute Gasteiger partial charge is 0.446 e. The molecule has 0 unspecified atom stereocenters. The lowest BCUT2D eigenvalue weighted by Crippen LogP contribution is -2.44. The summed E-state index contributed by atoms with van der Waals surface area (Å²) in [5, 5.41) is 10.8. The van der Waals surface area contributed by atoms with Crippen molar-refractivity contribution in [3.8, 4) is 0 Å². The third-order valence-corrected chi connectivity index (χ3v) is 7.02. The zero-order valence-corrected chi connectivity index (χ0v) is 22.2. The van der Waals surface area contributed by atoms with Crippen LogP contribution in [0.4, 0.5) is 0 Å². The number of benzene rings is 1. The van der Waals surface area contributed by atoms with Gasteiger partial charge < -0.3 is 25.3 Å². The number of thiazole rings is 1. The van der Waals surface area contributed by atoms with Crippen LogP contribution in [0.2, 0.25) is 0 Å². The lowest BCUT2D eigenvalue weighted by Gasteiger charge is -2.24. The number of amides is 4. The Hall–Kier alpha value is -4.06. The summed E-state index contributed by atoms with van der Waals surface area (Å²) in [6.07, 6.45) is 1.61. The summed E-state index contributed by atoms with van der Waals surface area (Å²) >= 11 is 1.27. The van der Waals surface area contributed by atoms with Gasteiger partial charge in [0, 0.05) is 31.8 Å². The van der Waals surface area contributed by atoms with Crippen molar-refractivity contribution in [1.82, 2.24) is 30.8 Å². The Morgan fingerprint density at radius 3 is 2.58 bits per heavy atom. The van der Waals surface area contributed by atoms with Crippen molar-refractivity contribution in [1.29, 1.82) is 0 Å². The number of nitrogens with zero attached hydrogens (tertiary/aromatic N) is 3. The van der Waals surface area contributed by atoms with E-state index in [0.29, 0.717) is 11.4 Å². The first-order chi connectivity index (χ1) is 18.2. The number of fused-ring (bicyclic) bond motifs is 4. The zero-order valence-electron chi connectivity index (χ0n) is 21.4. The van der Waals surface area contributed by atoms with Crippen molar-refractivity contribution >= 4 is 35.0 Å². The third kappa shape index (κ3) is 6.62. The molecule has 0 saturated heterocycles. The van der Waals surface area contributed by atoms with E-state index in [-0.39, 0.29) is 54.6 Å². The first kappa shape index (κ1) is 27.0. The molecule has 0 fully saturated rings. The van der Waals surface area contributed by atoms with E-state index in [9.17, 15) is 19.2 Å². The van der Waals surface area contributed by atoms with Crippen LogP contribution in [0.1, 0.15) is 70.3 Å². The van der Waals surface area contributed by atoms with Gasteiger partial charge in [0.25, 0.3) is 11.8 Å². The van der Waals surface area contributed by atoms with Crippen molar-refractivity contribution in [2.75, 3.05) is 19.6 Å². The first-order valence-corrected chi connectivity index (χ1v) is 13.2. The first-order valence-electron chi connectivity index (χ1n) is 12.3. The Morgan fingerprint density at radius 1 is 1.11 bits per heavy atom. The van der Waals surface area contributed by atoms with Crippen LogP contribution < -0.4 is 16.0 Å². The molecule has 0 spiro atoms. The van der Waals surface area contributed by atoms with Gasteiger partial charge in [0.15, 0.2) is 5.69 Å². The molecule has 0 aliphatic carbocycles. The van der Waals surface area contributed by atoms with E-state index in [0.717, 1.165) is 5.56 Å². The maximum atomic E-state index is 13.2. The van der Waals surface area contributed by atoms with Gasteiger partial charge in [-0.3, -0.25) is 19.2 Å². The van der Waals surface area contributed by atoms with Crippen LogP contribution >= 0.6 is 11.3 Å². The Labute approximate surface area is 224 Å². The van der Waals surface area contributed by atoms with E-state index in [2.05, 4.69) is 25.9 Å². The molecule has 4 rings (SSSR count). The van der Waals surface area contributed by atoms with Crippen LogP contribution in [0.15, 0.2) is 46.4 Å². The molecule has 4 amide bonds. The molecule has 0 saturated carbocycles. The zero-order chi connectivity index (χ0) is 27.2. The molecule has 38 heavy (non-hydrogen) atoms. The van der Waals surface area contributed by atoms with Crippen molar-refractivity contribution in [3.63, 3.8) is 0 Å².